The summed E-state index contributed by atoms with van der Waals surface area (Å²) in [5.41, 5.74) is 2.93. The highest BCUT2D eigenvalue weighted by Crippen LogP contribution is 2.29. The Morgan fingerprint density at radius 2 is 1.81 bits per heavy atom. The summed E-state index contributed by atoms with van der Waals surface area (Å²) in [6.07, 6.45) is 3.77. The van der Waals surface area contributed by atoms with Gasteiger partial charge in [0.15, 0.2) is 6.61 Å². The number of anilines is 3. The molecule has 2 amide bonds. The van der Waals surface area contributed by atoms with Crippen molar-refractivity contribution in [1.82, 2.24) is 0 Å². The third kappa shape index (κ3) is 3.49. The zero-order valence-electron chi connectivity index (χ0n) is 14.5. The van der Waals surface area contributed by atoms with Crippen molar-refractivity contribution in [2.45, 2.75) is 19.3 Å². The van der Waals surface area contributed by atoms with Gasteiger partial charge in [-0.3, -0.25) is 9.59 Å². The highest BCUT2D eigenvalue weighted by atomic mass is 16.5. The maximum absolute atomic E-state index is 12.5. The Hall–Kier alpha value is -3.02. The summed E-state index contributed by atoms with van der Waals surface area (Å²) >= 11 is 0. The molecule has 0 aromatic heterocycles. The number of nitrogens with one attached hydrogen (secondary N) is 2. The van der Waals surface area contributed by atoms with Gasteiger partial charge in [0, 0.05) is 30.0 Å². The molecule has 0 aliphatic carbocycles. The molecular weight excluding hydrogens is 330 g/mol. The van der Waals surface area contributed by atoms with Crippen LogP contribution in [0.15, 0.2) is 42.5 Å². The summed E-state index contributed by atoms with van der Waals surface area (Å²) in [7, 11) is 0. The third-order valence-corrected chi connectivity index (χ3v) is 4.72. The Balaban J connectivity index is 1.44. The number of piperidine rings is 1. The summed E-state index contributed by atoms with van der Waals surface area (Å²) in [5.74, 6) is 0.133. The van der Waals surface area contributed by atoms with E-state index in [-0.39, 0.29) is 18.4 Å². The van der Waals surface area contributed by atoms with Gasteiger partial charge in [-0.15, -0.1) is 0 Å². The smallest absolute Gasteiger partial charge is 0.262 e. The molecule has 26 heavy (non-hydrogen) atoms. The molecule has 2 aromatic carbocycles. The largest absolute Gasteiger partial charge is 0.482 e. The molecule has 2 N–H and O–H groups in total. The van der Waals surface area contributed by atoms with Crippen LogP contribution in [0.1, 0.15) is 29.6 Å². The molecule has 2 aliphatic rings. The van der Waals surface area contributed by atoms with Crippen LogP contribution in [-0.4, -0.2) is 31.5 Å². The fraction of sp³-hybridized carbons (Fsp3) is 0.300. The number of benzene rings is 2. The number of hydrogen-bond donors (Lipinski definition) is 2. The number of ether oxygens (including phenoxy) is 1. The number of hydrogen-bond acceptors (Lipinski definition) is 4. The molecule has 2 heterocycles. The first-order chi connectivity index (χ1) is 12.7. The normalized spacial score (nSPS) is 16.3. The molecule has 134 valence electrons. The second kappa shape index (κ2) is 7.07. The highest BCUT2D eigenvalue weighted by molar-refractivity contribution is 6.06. The second-order valence-electron chi connectivity index (χ2n) is 6.60. The molecule has 6 nitrogen and oxygen atoms in total. The molecule has 6 heteroatoms. The maximum Gasteiger partial charge on any atom is 0.262 e. The zero-order valence-corrected chi connectivity index (χ0v) is 14.5. The van der Waals surface area contributed by atoms with E-state index in [1.807, 2.05) is 24.3 Å². The molecule has 1 fully saturated rings. The summed E-state index contributed by atoms with van der Waals surface area (Å²) in [4.78, 5) is 26.3. The van der Waals surface area contributed by atoms with Crippen LogP contribution in [0.25, 0.3) is 0 Å². The zero-order chi connectivity index (χ0) is 17.9. The van der Waals surface area contributed by atoms with Gasteiger partial charge in [-0.2, -0.15) is 0 Å². The van der Waals surface area contributed by atoms with Gasteiger partial charge in [-0.05, 0) is 61.7 Å². The lowest BCUT2D eigenvalue weighted by Crippen LogP contribution is -2.29. The Morgan fingerprint density at radius 1 is 1.04 bits per heavy atom. The van der Waals surface area contributed by atoms with Crippen molar-refractivity contribution in [1.29, 1.82) is 0 Å². The van der Waals surface area contributed by atoms with Crippen molar-refractivity contribution in [3.8, 4) is 5.75 Å². The van der Waals surface area contributed by atoms with Gasteiger partial charge in [0.25, 0.3) is 11.8 Å². The molecule has 2 aromatic rings. The number of rotatable bonds is 3. The number of nitrogens with zero attached hydrogens (tertiary/aromatic N) is 1. The van der Waals surface area contributed by atoms with E-state index >= 15 is 0 Å². The summed E-state index contributed by atoms with van der Waals surface area (Å²) in [6.45, 7) is 2.19. The van der Waals surface area contributed by atoms with Gasteiger partial charge < -0.3 is 20.3 Å². The van der Waals surface area contributed by atoms with E-state index in [4.69, 9.17) is 4.74 Å². The molecule has 0 atom stereocenters. The number of amides is 2. The summed E-state index contributed by atoms with van der Waals surface area (Å²) in [6, 6.07) is 12.9. The highest BCUT2D eigenvalue weighted by Gasteiger charge is 2.18. The van der Waals surface area contributed by atoms with E-state index in [0.717, 1.165) is 18.8 Å². The van der Waals surface area contributed by atoms with E-state index in [2.05, 4.69) is 15.5 Å². The van der Waals surface area contributed by atoms with Crippen molar-refractivity contribution >= 4 is 28.9 Å². The summed E-state index contributed by atoms with van der Waals surface area (Å²) in [5, 5.41) is 5.61. The molecule has 0 saturated carbocycles. The van der Waals surface area contributed by atoms with E-state index in [9.17, 15) is 9.59 Å². The Morgan fingerprint density at radius 3 is 2.58 bits per heavy atom. The van der Waals surface area contributed by atoms with E-state index in [1.54, 1.807) is 18.2 Å². The fourth-order valence-corrected chi connectivity index (χ4v) is 3.34. The first-order valence-electron chi connectivity index (χ1n) is 8.92. The summed E-state index contributed by atoms with van der Waals surface area (Å²) < 4.78 is 5.31. The average Bonchev–Trinajstić information content (AvgIpc) is 2.68. The molecule has 0 radical (unpaired) electrons. The number of fused-ring (bicyclic) bond motifs is 1. The van der Waals surface area contributed by atoms with Crippen LogP contribution >= 0.6 is 0 Å². The van der Waals surface area contributed by atoms with E-state index in [0.29, 0.717) is 17.0 Å². The minimum atomic E-state index is -0.224. The van der Waals surface area contributed by atoms with Crippen molar-refractivity contribution in [2.75, 3.05) is 35.2 Å². The molecule has 1 saturated heterocycles. The topological polar surface area (TPSA) is 70.7 Å². The van der Waals surface area contributed by atoms with Gasteiger partial charge in [-0.25, -0.2) is 0 Å². The quantitative estimate of drug-likeness (QED) is 0.890. The third-order valence-electron chi connectivity index (χ3n) is 4.72. The predicted octanol–water partition coefficient (Wildman–Crippen LogP) is 3.26. The Kier molecular flexibility index (Phi) is 4.48. The Bertz CT molecular complexity index is 827. The van der Waals surface area contributed by atoms with Gasteiger partial charge in [0.05, 0.1) is 5.69 Å². The molecule has 4 rings (SSSR count). The van der Waals surface area contributed by atoms with Crippen LogP contribution in [0, 0.1) is 0 Å². The lowest BCUT2D eigenvalue weighted by Gasteiger charge is -2.28. The first-order valence-corrected chi connectivity index (χ1v) is 8.92. The standard InChI is InChI=1S/C20H21N3O3/c24-19-13-26-18-9-4-14(12-17(18)22-19)20(25)21-15-5-7-16(8-6-15)23-10-2-1-3-11-23/h4-9,12H,1-3,10-11,13H2,(H,21,25)(H,22,24). The molecule has 2 aliphatic heterocycles. The van der Waals surface area contributed by atoms with Crippen LogP contribution in [-0.2, 0) is 4.79 Å². The van der Waals surface area contributed by atoms with Crippen LogP contribution in [0.4, 0.5) is 17.1 Å². The van der Waals surface area contributed by atoms with Crippen LogP contribution in [0.2, 0.25) is 0 Å². The molecule has 0 spiro atoms. The molecule has 0 unspecified atom stereocenters. The maximum atomic E-state index is 12.5. The van der Waals surface area contributed by atoms with Gasteiger partial charge in [0.2, 0.25) is 0 Å². The van der Waals surface area contributed by atoms with Crippen molar-refractivity contribution in [3.63, 3.8) is 0 Å². The SMILES string of the molecule is O=C1COc2ccc(C(=O)Nc3ccc(N4CCCCC4)cc3)cc2N1. The van der Waals surface area contributed by atoms with Crippen molar-refractivity contribution in [3.05, 3.63) is 48.0 Å². The van der Waals surface area contributed by atoms with E-state index in [1.165, 1.54) is 24.9 Å². The van der Waals surface area contributed by atoms with Crippen LogP contribution in [0.5, 0.6) is 5.75 Å². The predicted molar refractivity (Wildman–Crippen MR) is 101 cm³/mol. The monoisotopic (exact) mass is 351 g/mol. The number of carbonyl (C=O) groups excluding carboxylic acids is 2. The second-order valence-corrected chi connectivity index (χ2v) is 6.60. The van der Waals surface area contributed by atoms with Crippen LogP contribution in [0.3, 0.4) is 0 Å². The van der Waals surface area contributed by atoms with Gasteiger partial charge >= 0.3 is 0 Å². The fourth-order valence-electron chi connectivity index (χ4n) is 3.34. The van der Waals surface area contributed by atoms with Gasteiger partial charge in [0.1, 0.15) is 5.75 Å². The lowest BCUT2D eigenvalue weighted by atomic mass is 10.1. The first kappa shape index (κ1) is 16.4. The minimum Gasteiger partial charge on any atom is -0.482 e. The average molecular weight is 351 g/mol. The molecule has 0 bridgehead atoms. The van der Waals surface area contributed by atoms with Crippen LogP contribution < -0.4 is 20.3 Å². The van der Waals surface area contributed by atoms with E-state index < -0.39 is 0 Å². The minimum absolute atomic E-state index is 0.00189. The Labute approximate surface area is 152 Å². The lowest BCUT2D eigenvalue weighted by molar-refractivity contribution is -0.118. The van der Waals surface area contributed by atoms with Crippen molar-refractivity contribution in [2.24, 2.45) is 0 Å². The molecular formula is C20H21N3O3. The number of carbonyl (C=O) groups is 2. The van der Waals surface area contributed by atoms with Gasteiger partial charge in [-0.1, -0.05) is 0 Å². The van der Waals surface area contributed by atoms with Crippen molar-refractivity contribution < 1.29 is 14.3 Å².